The third kappa shape index (κ3) is 2.78. The van der Waals surface area contributed by atoms with Crippen molar-refractivity contribution in [2.45, 2.75) is 25.3 Å². The van der Waals surface area contributed by atoms with Crippen LogP contribution in [0.5, 0.6) is 0 Å². The molecule has 30 heavy (non-hydrogen) atoms. The quantitative estimate of drug-likeness (QED) is 0.629. The number of nitrogens with zero attached hydrogens (tertiary/aromatic N) is 2. The first-order valence-electron chi connectivity index (χ1n) is 9.99. The van der Waals surface area contributed by atoms with Gasteiger partial charge in [0.05, 0.1) is 18.5 Å². The number of benzene rings is 2. The highest BCUT2D eigenvalue weighted by molar-refractivity contribution is 8.01. The Hall–Kier alpha value is -2.99. The lowest BCUT2D eigenvalue weighted by atomic mass is 10.0. The molecule has 1 fully saturated rings. The second kappa shape index (κ2) is 7.06. The van der Waals surface area contributed by atoms with Crippen LogP contribution in [0.2, 0.25) is 0 Å². The molecule has 0 bridgehead atoms. The monoisotopic (exact) mass is 418 g/mol. The highest BCUT2D eigenvalue weighted by Gasteiger charge is 2.59. The van der Waals surface area contributed by atoms with Crippen molar-refractivity contribution in [3.63, 3.8) is 0 Å². The van der Waals surface area contributed by atoms with E-state index in [1.807, 2.05) is 55.1 Å². The first-order chi connectivity index (χ1) is 14.5. The van der Waals surface area contributed by atoms with Gasteiger partial charge in [0.1, 0.15) is 0 Å². The minimum absolute atomic E-state index is 0.0630. The normalized spacial score (nSPS) is 20.3. The van der Waals surface area contributed by atoms with Crippen LogP contribution in [-0.2, 0) is 16.2 Å². The maximum atomic E-state index is 14.0. The lowest BCUT2D eigenvalue weighted by molar-refractivity contribution is -0.123. The highest BCUT2D eigenvalue weighted by atomic mass is 32.2. The van der Waals surface area contributed by atoms with Crippen molar-refractivity contribution >= 4 is 29.3 Å². The fourth-order valence-corrected chi connectivity index (χ4v) is 5.86. The minimum atomic E-state index is -1.05. The summed E-state index contributed by atoms with van der Waals surface area (Å²) in [6, 6.07) is 17.6. The summed E-state index contributed by atoms with van der Waals surface area (Å²) in [6.07, 6.45) is 1.49. The summed E-state index contributed by atoms with van der Waals surface area (Å²) in [5, 5.41) is 0. The zero-order valence-corrected chi connectivity index (χ0v) is 17.7. The zero-order valence-electron chi connectivity index (χ0n) is 16.9. The number of rotatable bonds is 3. The van der Waals surface area contributed by atoms with E-state index < -0.39 is 4.87 Å². The number of amides is 2. The Morgan fingerprint density at radius 2 is 1.93 bits per heavy atom. The van der Waals surface area contributed by atoms with Crippen LogP contribution in [0.4, 0.5) is 5.69 Å². The van der Waals surface area contributed by atoms with Crippen LogP contribution in [0.25, 0.3) is 0 Å². The summed E-state index contributed by atoms with van der Waals surface area (Å²) in [5.41, 5.74) is 5.05. The topological polar surface area (TPSA) is 53.8 Å². The highest BCUT2D eigenvalue weighted by Crippen LogP contribution is 2.55. The summed E-state index contributed by atoms with van der Waals surface area (Å²) in [6.45, 7) is 5.04. The van der Waals surface area contributed by atoms with Gasteiger partial charge in [0.25, 0.3) is 11.8 Å². The van der Waals surface area contributed by atoms with Gasteiger partial charge in [0, 0.05) is 17.9 Å². The molecule has 3 heterocycles. The summed E-state index contributed by atoms with van der Waals surface area (Å²) >= 11 is 1.54. The second-order valence-electron chi connectivity index (χ2n) is 7.83. The van der Waals surface area contributed by atoms with Crippen LogP contribution >= 0.6 is 11.8 Å². The van der Waals surface area contributed by atoms with E-state index in [1.165, 1.54) is 18.0 Å². The summed E-state index contributed by atoms with van der Waals surface area (Å²) in [7, 11) is 0. The van der Waals surface area contributed by atoms with Crippen LogP contribution < -0.4 is 4.90 Å². The van der Waals surface area contributed by atoms with Crippen molar-refractivity contribution in [2.75, 3.05) is 17.2 Å². The fraction of sp³-hybridized carbons (Fsp3) is 0.250. The van der Waals surface area contributed by atoms with Gasteiger partial charge in [0.2, 0.25) is 0 Å². The fourth-order valence-electron chi connectivity index (χ4n) is 4.41. The van der Waals surface area contributed by atoms with E-state index >= 15 is 0 Å². The largest absolute Gasteiger partial charge is 0.459 e. The molecular formula is C24H22N2O3S. The number of aryl methyl sites for hydroxylation is 2. The van der Waals surface area contributed by atoms with Gasteiger partial charge in [-0.25, -0.2) is 0 Å². The van der Waals surface area contributed by atoms with Gasteiger partial charge in [-0.3, -0.25) is 9.59 Å². The van der Waals surface area contributed by atoms with Gasteiger partial charge < -0.3 is 14.2 Å². The lowest BCUT2D eigenvalue weighted by Crippen LogP contribution is -2.50. The second-order valence-corrected chi connectivity index (χ2v) is 9.12. The standard InChI is InChI=1S/C24H22N2O3S/c1-16-5-3-6-18(13-16)15-25-20-9-8-17(2)14-19(20)24(23(25)28)26(10-12-30-24)22(27)21-7-4-11-29-21/h3-9,11,13-14H,10,12,15H2,1-2H3/t24-/m0/s1. The Kier molecular flexibility index (Phi) is 4.47. The van der Waals surface area contributed by atoms with E-state index in [0.717, 1.165) is 27.9 Å². The molecule has 0 N–H and O–H groups in total. The molecular weight excluding hydrogens is 396 g/mol. The number of carbonyl (C=O) groups is 2. The summed E-state index contributed by atoms with van der Waals surface area (Å²) in [4.78, 5) is 29.7. The number of hydrogen-bond donors (Lipinski definition) is 0. The molecule has 1 saturated heterocycles. The summed E-state index contributed by atoms with van der Waals surface area (Å²) < 4.78 is 5.37. The lowest BCUT2D eigenvalue weighted by Gasteiger charge is -2.32. The molecule has 1 aromatic heterocycles. The van der Waals surface area contributed by atoms with E-state index in [9.17, 15) is 9.59 Å². The Morgan fingerprint density at radius 1 is 1.10 bits per heavy atom. The van der Waals surface area contributed by atoms with Crippen molar-refractivity contribution in [1.29, 1.82) is 0 Å². The number of anilines is 1. The van der Waals surface area contributed by atoms with E-state index in [4.69, 9.17) is 4.42 Å². The van der Waals surface area contributed by atoms with Crippen molar-refractivity contribution in [1.82, 2.24) is 4.90 Å². The van der Waals surface area contributed by atoms with Gasteiger partial charge >= 0.3 is 0 Å². The SMILES string of the molecule is Cc1cccc(CN2C(=O)[C@@]3(SCCN3C(=O)c3ccco3)c3cc(C)ccc32)c1. The number of hydrogen-bond acceptors (Lipinski definition) is 4. The molecule has 2 aliphatic rings. The van der Waals surface area contributed by atoms with Crippen molar-refractivity contribution in [3.05, 3.63) is 88.9 Å². The molecule has 2 amide bonds. The first kappa shape index (κ1) is 19.0. The predicted molar refractivity (Wildman–Crippen MR) is 117 cm³/mol. The molecule has 1 atom stereocenters. The van der Waals surface area contributed by atoms with Gasteiger partial charge in [-0.1, -0.05) is 47.5 Å². The van der Waals surface area contributed by atoms with Crippen LogP contribution in [0.1, 0.15) is 32.8 Å². The zero-order chi connectivity index (χ0) is 20.9. The number of carbonyl (C=O) groups excluding carboxylic acids is 2. The maximum absolute atomic E-state index is 14.0. The molecule has 1 spiro atoms. The van der Waals surface area contributed by atoms with Crippen LogP contribution in [-0.4, -0.2) is 29.0 Å². The van der Waals surface area contributed by atoms with Crippen molar-refractivity contribution in [2.24, 2.45) is 0 Å². The van der Waals surface area contributed by atoms with E-state index in [0.29, 0.717) is 18.8 Å². The first-order valence-corrected chi connectivity index (χ1v) is 11.0. The molecule has 5 rings (SSSR count). The van der Waals surface area contributed by atoms with E-state index in [-0.39, 0.29) is 17.6 Å². The third-order valence-corrected chi connectivity index (χ3v) is 7.17. The van der Waals surface area contributed by atoms with E-state index in [2.05, 4.69) is 6.07 Å². The Bertz CT molecular complexity index is 1140. The number of fused-ring (bicyclic) bond motifs is 2. The molecule has 0 radical (unpaired) electrons. The molecule has 3 aromatic rings. The number of furan rings is 1. The Balaban J connectivity index is 1.61. The molecule has 2 aromatic carbocycles. The molecule has 152 valence electrons. The molecule has 0 saturated carbocycles. The van der Waals surface area contributed by atoms with Crippen LogP contribution in [0, 0.1) is 13.8 Å². The molecule has 6 heteroatoms. The van der Waals surface area contributed by atoms with E-state index in [1.54, 1.807) is 17.0 Å². The van der Waals surface area contributed by atoms with Crippen LogP contribution in [0.15, 0.2) is 65.3 Å². The third-order valence-electron chi connectivity index (χ3n) is 5.75. The van der Waals surface area contributed by atoms with Crippen molar-refractivity contribution in [3.8, 4) is 0 Å². The van der Waals surface area contributed by atoms with Gasteiger partial charge in [0.15, 0.2) is 10.6 Å². The molecule has 0 unspecified atom stereocenters. The minimum Gasteiger partial charge on any atom is -0.459 e. The average Bonchev–Trinajstić information content (AvgIpc) is 3.45. The molecule has 5 nitrogen and oxygen atoms in total. The Morgan fingerprint density at radius 3 is 2.70 bits per heavy atom. The Labute approximate surface area is 179 Å². The van der Waals surface area contributed by atoms with Crippen LogP contribution in [0.3, 0.4) is 0 Å². The van der Waals surface area contributed by atoms with Gasteiger partial charge in [-0.2, -0.15) is 0 Å². The van der Waals surface area contributed by atoms with Gasteiger partial charge in [-0.05, 0) is 37.6 Å². The predicted octanol–water partition coefficient (Wildman–Crippen LogP) is 4.49. The van der Waals surface area contributed by atoms with Gasteiger partial charge in [-0.15, -0.1) is 11.8 Å². The maximum Gasteiger partial charge on any atom is 0.291 e. The number of thioether (sulfide) groups is 1. The molecule has 2 aliphatic heterocycles. The smallest absolute Gasteiger partial charge is 0.291 e. The molecule has 0 aliphatic carbocycles. The van der Waals surface area contributed by atoms with Crippen molar-refractivity contribution < 1.29 is 14.0 Å². The summed E-state index contributed by atoms with van der Waals surface area (Å²) in [5.74, 6) is 0.648. The average molecular weight is 419 g/mol.